The second-order valence-corrected chi connectivity index (χ2v) is 7.14. The van der Waals surface area contributed by atoms with Gasteiger partial charge in [0.15, 0.2) is 0 Å². The van der Waals surface area contributed by atoms with Crippen LogP contribution < -0.4 is 0 Å². The fourth-order valence-corrected chi connectivity index (χ4v) is 3.92. The van der Waals surface area contributed by atoms with Crippen molar-refractivity contribution in [1.29, 1.82) is 0 Å². The molecular formula is C18H23ClN2O2. The topological polar surface area (TPSA) is 45.5 Å². The maximum absolute atomic E-state index is 13.0. The molecule has 2 heterocycles. The smallest absolute Gasteiger partial charge is 0.270 e. The number of piperidine rings is 1. The normalized spacial score (nSPS) is 25.1. The Bertz CT molecular complexity index is 751. The summed E-state index contributed by atoms with van der Waals surface area (Å²) < 4.78 is 1.87. The lowest BCUT2D eigenvalue weighted by Crippen LogP contribution is -2.52. The van der Waals surface area contributed by atoms with Gasteiger partial charge in [-0.15, -0.1) is 0 Å². The van der Waals surface area contributed by atoms with E-state index in [1.54, 1.807) is 0 Å². The van der Waals surface area contributed by atoms with Crippen LogP contribution in [0.1, 0.15) is 37.2 Å². The van der Waals surface area contributed by atoms with E-state index in [9.17, 15) is 9.90 Å². The van der Waals surface area contributed by atoms with Crippen molar-refractivity contribution in [3.8, 4) is 0 Å². The molecule has 1 amide bonds. The van der Waals surface area contributed by atoms with Crippen LogP contribution in [0, 0.1) is 5.92 Å². The monoisotopic (exact) mass is 334 g/mol. The second-order valence-electron chi connectivity index (χ2n) is 6.73. The molecule has 3 rings (SSSR count). The molecule has 1 aromatic heterocycles. The molecule has 1 aliphatic heterocycles. The lowest BCUT2D eigenvalue weighted by Gasteiger charge is -2.42. The molecule has 1 saturated heterocycles. The van der Waals surface area contributed by atoms with Gasteiger partial charge in [-0.1, -0.05) is 30.7 Å². The SMILES string of the molecule is CC[C@@H]1CN(C(=O)c2cc3cccc(Cl)c3n2C)CC[C@]1(C)O. The van der Waals surface area contributed by atoms with E-state index < -0.39 is 5.60 Å². The third-order valence-electron chi connectivity index (χ3n) is 5.21. The Morgan fingerprint density at radius 2 is 2.22 bits per heavy atom. The van der Waals surface area contributed by atoms with E-state index in [4.69, 9.17) is 11.6 Å². The molecule has 0 aliphatic carbocycles. The Labute approximate surface area is 141 Å². The molecule has 1 aliphatic rings. The lowest BCUT2D eigenvalue weighted by atomic mass is 9.81. The van der Waals surface area contributed by atoms with Crippen molar-refractivity contribution in [2.24, 2.45) is 13.0 Å². The number of halogens is 1. The third kappa shape index (κ3) is 2.74. The van der Waals surface area contributed by atoms with Crippen LogP contribution in [-0.2, 0) is 7.05 Å². The van der Waals surface area contributed by atoms with Crippen molar-refractivity contribution < 1.29 is 9.90 Å². The summed E-state index contributed by atoms with van der Waals surface area (Å²) in [5.41, 5.74) is 0.839. The van der Waals surface area contributed by atoms with Crippen LogP contribution in [0.25, 0.3) is 10.9 Å². The second kappa shape index (κ2) is 5.84. The average Bonchev–Trinajstić information content (AvgIpc) is 2.85. The van der Waals surface area contributed by atoms with E-state index in [-0.39, 0.29) is 11.8 Å². The number of fused-ring (bicyclic) bond motifs is 1. The molecule has 1 N–H and O–H groups in total. The predicted octanol–water partition coefficient (Wildman–Crippen LogP) is 3.45. The van der Waals surface area contributed by atoms with Crippen LogP contribution in [0.5, 0.6) is 0 Å². The highest BCUT2D eigenvalue weighted by Crippen LogP contribution is 2.32. The molecule has 23 heavy (non-hydrogen) atoms. The summed E-state index contributed by atoms with van der Waals surface area (Å²) in [6, 6.07) is 7.60. The van der Waals surface area contributed by atoms with Gasteiger partial charge in [-0.2, -0.15) is 0 Å². The van der Waals surface area contributed by atoms with E-state index in [1.807, 2.05) is 47.7 Å². The van der Waals surface area contributed by atoms with Gasteiger partial charge in [0.25, 0.3) is 5.91 Å². The number of aryl methyl sites for hydroxylation is 1. The van der Waals surface area contributed by atoms with Crippen molar-refractivity contribution in [1.82, 2.24) is 9.47 Å². The predicted molar refractivity (Wildman–Crippen MR) is 92.9 cm³/mol. The minimum Gasteiger partial charge on any atom is -0.390 e. The highest BCUT2D eigenvalue weighted by molar-refractivity contribution is 6.35. The maximum Gasteiger partial charge on any atom is 0.270 e. The van der Waals surface area contributed by atoms with E-state index in [0.29, 0.717) is 30.2 Å². The largest absolute Gasteiger partial charge is 0.390 e. The average molecular weight is 335 g/mol. The molecule has 0 radical (unpaired) electrons. The number of carbonyl (C=O) groups excluding carboxylic acids is 1. The number of amides is 1. The number of benzene rings is 1. The number of aliphatic hydroxyl groups is 1. The van der Waals surface area contributed by atoms with Crippen molar-refractivity contribution >= 4 is 28.4 Å². The van der Waals surface area contributed by atoms with Gasteiger partial charge >= 0.3 is 0 Å². The standard InChI is InChI=1S/C18H23ClN2O2/c1-4-13-11-21(9-8-18(13,2)23)17(22)15-10-12-6-5-7-14(19)16(12)20(15)3/h5-7,10,13,23H,4,8-9,11H2,1-3H3/t13-,18+/m1/s1. The van der Waals surface area contributed by atoms with Crippen molar-refractivity contribution in [3.05, 3.63) is 35.0 Å². The minimum atomic E-state index is -0.687. The molecule has 5 heteroatoms. The van der Waals surface area contributed by atoms with Gasteiger partial charge in [0.1, 0.15) is 5.69 Å². The molecule has 4 nitrogen and oxygen atoms in total. The first kappa shape index (κ1) is 16.3. The van der Waals surface area contributed by atoms with E-state index >= 15 is 0 Å². The van der Waals surface area contributed by atoms with Crippen LogP contribution in [0.2, 0.25) is 5.02 Å². The molecule has 0 unspecified atom stereocenters. The summed E-state index contributed by atoms with van der Waals surface area (Å²) in [5, 5.41) is 12.1. The molecule has 2 atom stereocenters. The van der Waals surface area contributed by atoms with Gasteiger partial charge in [-0.3, -0.25) is 4.79 Å². The molecule has 2 aromatic rings. The molecular weight excluding hydrogens is 312 g/mol. The van der Waals surface area contributed by atoms with Crippen LogP contribution in [0.3, 0.4) is 0 Å². The lowest BCUT2D eigenvalue weighted by molar-refractivity contribution is -0.0522. The Morgan fingerprint density at radius 1 is 1.48 bits per heavy atom. The van der Waals surface area contributed by atoms with Gasteiger partial charge in [0, 0.05) is 31.4 Å². The zero-order chi connectivity index (χ0) is 16.8. The molecule has 0 spiro atoms. The molecule has 1 fully saturated rings. The summed E-state index contributed by atoms with van der Waals surface area (Å²) in [4.78, 5) is 14.8. The summed E-state index contributed by atoms with van der Waals surface area (Å²) in [6.07, 6.45) is 1.47. The Kier molecular flexibility index (Phi) is 4.15. The molecule has 0 saturated carbocycles. The number of para-hydroxylation sites is 1. The van der Waals surface area contributed by atoms with Crippen LogP contribution in [-0.4, -0.2) is 39.2 Å². The summed E-state index contributed by atoms with van der Waals surface area (Å²) in [7, 11) is 1.87. The number of rotatable bonds is 2. The number of carbonyl (C=O) groups is 1. The van der Waals surface area contributed by atoms with E-state index in [2.05, 4.69) is 6.92 Å². The third-order valence-corrected chi connectivity index (χ3v) is 5.52. The summed E-state index contributed by atoms with van der Waals surface area (Å²) in [6.45, 7) is 5.11. The quantitative estimate of drug-likeness (QED) is 0.914. The van der Waals surface area contributed by atoms with Crippen LogP contribution in [0.4, 0.5) is 0 Å². The Balaban J connectivity index is 1.92. The van der Waals surface area contributed by atoms with E-state index in [0.717, 1.165) is 17.3 Å². The van der Waals surface area contributed by atoms with Gasteiger partial charge in [0.05, 0.1) is 16.1 Å². The first-order valence-corrected chi connectivity index (χ1v) is 8.48. The highest BCUT2D eigenvalue weighted by atomic mass is 35.5. The van der Waals surface area contributed by atoms with Crippen LogP contribution >= 0.6 is 11.6 Å². The van der Waals surface area contributed by atoms with Gasteiger partial charge < -0.3 is 14.6 Å². The maximum atomic E-state index is 13.0. The van der Waals surface area contributed by atoms with E-state index in [1.165, 1.54) is 0 Å². The number of nitrogens with zero attached hydrogens (tertiary/aromatic N) is 2. The van der Waals surface area contributed by atoms with Gasteiger partial charge in [-0.25, -0.2) is 0 Å². The van der Waals surface area contributed by atoms with Gasteiger partial charge in [0.2, 0.25) is 0 Å². The van der Waals surface area contributed by atoms with Crippen molar-refractivity contribution in [3.63, 3.8) is 0 Å². The number of aromatic nitrogens is 1. The first-order valence-electron chi connectivity index (χ1n) is 8.10. The molecule has 124 valence electrons. The Morgan fingerprint density at radius 3 is 2.87 bits per heavy atom. The van der Waals surface area contributed by atoms with Crippen LogP contribution in [0.15, 0.2) is 24.3 Å². The minimum absolute atomic E-state index is 0.00807. The first-order chi connectivity index (χ1) is 10.8. The van der Waals surface area contributed by atoms with Crippen molar-refractivity contribution in [2.45, 2.75) is 32.3 Å². The highest BCUT2D eigenvalue weighted by Gasteiger charge is 2.38. The summed E-state index contributed by atoms with van der Waals surface area (Å²) in [5.74, 6) is 0.118. The van der Waals surface area contributed by atoms with Crippen molar-refractivity contribution in [2.75, 3.05) is 13.1 Å². The molecule has 1 aromatic carbocycles. The number of hydrogen-bond acceptors (Lipinski definition) is 2. The zero-order valence-electron chi connectivity index (χ0n) is 13.8. The fourth-order valence-electron chi connectivity index (χ4n) is 3.61. The fraction of sp³-hybridized carbons (Fsp3) is 0.500. The number of hydrogen-bond donors (Lipinski definition) is 1. The zero-order valence-corrected chi connectivity index (χ0v) is 14.6. The summed E-state index contributed by atoms with van der Waals surface area (Å²) >= 11 is 6.27. The van der Waals surface area contributed by atoms with Gasteiger partial charge in [-0.05, 0) is 31.9 Å². The Hall–Kier alpha value is -1.52. The molecule has 0 bridgehead atoms. The number of likely N-dealkylation sites (tertiary alicyclic amines) is 1.